The molecule has 2 N–H and O–H groups in total. The predicted molar refractivity (Wildman–Crippen MR) is 183 cm³/mol. The summed E-state index contributed by atoms with van der Waals surface area (Å²) in [6.45, 7) is 6.87. The van der Waals surface area contributed by atoms with E-state index in [1.165, 1.54) is 6.92 Å². The number of amides is 1. The number of ether oxygens (including phenoxy) is 3. The van der Waals surface area contributed by atoms with Crippen molar-refractivity contribution >= 4 is 11.9 Å². The average Bonchev–Trinajstić information content (AvgIpc) is 3.11. The predicted octanol–water partition coefficient (Wildman–Crippen LogP) is 5.77. The summed E-state index contributed by atoms with van der Waals surface area (Å²) in [7, 11) is 2.11. The lowest BCUT2D eigenvalue weighted by atomic mass is 9.90. The van der Waals surface area contributed by atoms with Gasteiger partial charge in [-0.1, -0.05) is 85.8 Å². The van der Waals surface area contributed by atoms with Gasteiger partial charge in [-0.3, -0.25) is 14.6 Å². The molecule has 0 spiro atoms. The van der Waals surface area contributed by atoms with E-state index in [4.69, 9.17) is 14.2 Å². The van der Waals surface area contributed by atoms with Crippen LogP contribution in [0.25, 0.3) is 11.1 Å². The summed E-state index contributed by atoms with van der Waals surface area (Å²) in [6.07, 6.45) is 0.925. The van der Waals surface area contributed by atoms with Crippen LogP contribution in [0.5, 0.6) is 0 Å². The van der Waals surface area contributed by atoms with E-state index in [0.29, 0.717) is 6.54 Å². The molecule has 1 amide bonds. The monoisotopic (exact) mass is 651 g/mol. The number of esters is 1. The molecular formula is C39H45N3O6. The van der Waals surface area contributed by atoms with Crippen molar-refractivity contribution in [1.82, 2.24) is 15.2 Å². The fourth-order valence-electron chi connectivity index (χ4n) is 5.98. The van der Waals surface area contributed by atoms with Gasteiger partial charge in [0, 0.05) is 56.4 Å². The van der Waals surface area contributed by atoms with Crippen LogP contribution in [-0.2, 0) is 43.4 Å². The number of aliphatic hydroxyl groups is 1. The molecule has 0 radical (unpaired) electrons. The number of aromatic nitrogens is 1. The Labute approximate surface area is 282 Å². The van der Waals surface area contributed by atoms with Gasteiger partial charge in [-0.2, -0.15) is 0 Å². The van der Waals surface area contributed by atoms with E-state index in [2.05, 4.69) is 29.2 Å². The van der Waals surface area contributed by atoms with Crippen LogP contribution in [-0.4, -0.2) is 59.2 Å². The van der Waals surface area contributed by atoms with E-state index in [1.807, 2.05) is 97.2 Å². The molecule has 5 atom stereocenters. The molecule has 48 heavy (non-hydrogen) atoms. The third kappa shape index (κ3) is 9.14. The van der Waals surface area contributed by atoms with Crippen molar-refractivity contribution in [1.29, 1.82) is 0 Å². The zero-order valence-corrected chi connectivity index (χ0v) is 28.0. The summed E-state index contributed by atoms with van der Waals surface area (Å²) in [6, 6.07) is 30.0. The summed E-state index contributed by atoms with van der Waals surface area (Å²) in [5.41, 5.74) is 6.78. The molecule has 252 valence electrons. The quantitative estimate of drug-likeness (QED) is 0.175. The van der Waals surface area contributed by atoms with Crippen LogP contribution in [0.1, 0.15) is 61.1 Å². The lowest BCUT2D eigenvalue weighted by molar-refractivity contribution is -0.275. The summed E-state index contributed by atoms with van der Waals surface area (Å²) in [5, 5.41) is 12.5. The Hall–Kier alpha value is -4.41. The number of benzene rings is 3. The molecule has 1 saturated heterocycles. The molecule has 9 nitrogen and oxygen atoms in total. The molecule has 3 aromatic carbocycles. The highest BCUT2D eigenvalue weighted by atomic mass is 16.7. The van der Waals surface area contributed by atoms with Crippen LogP contribution in [0.2, 0.25) is 0 Å². The number of hydrogen-bond acceptors (Lipinski definition) is 8. The van der Waals surface area contributed by atoms with E-state index < -0.39 is 18.4 Å². The Morgan fingerprint density at radius 3 is 2.35 bits per heavy atom. The molecule has 1 fully saturated rings. The van der Waals surface area contributed by atoms with Gasteiger partial charge in [0.05, 0.1) is 18.8 Å². The van der Waals surface area contributed by atoms with Crippen molar-refractivity contribution in [2.24, 2.45) is 5.92 Å². The van der Waals surface area contributed by atoms with E-state index in [9.17, 15) is 14.7 Å². The number of carbonyl (C=O) groups is 2. The van der Waals surface area contributed by atoms with Gasteiger partial charge < -0.3 is 29.5 Å². The maximum Gasteiger partial charge on any atom is 0.303 e. The minimum absolute atomic E-state index is 0.00790. The van der Waals surface area contributed by atoms with Crippen LogP contribution in [0.15, 0.2) is 97.2 Å². The van der Waals surface area contributed by atoms with Gasteiger partial charge in [-0.15, -0.1) is 0 Å². The zero-order valence-electron chi connectivity index (χ0n) is 28.0. The fraction of sp³-hybridized carbons (Fsp3) is 0.359. The molecule has 1 aliphatic rings. The smallest absolute Gasteiger partial charge is 0.303 e. The van der Waals surface area contributed by atoms with Crippen molar-refractivity contribution in [3.63, 3.8) is 0 Å². The lowest BCUT2D eigenvalue weighted by Crippen LogP contribution is -2.43. The van der Waals surface area contributed by atoms with Crippen LogP contribution < -0.4 is 5.32 Å². The highest BCUT2D eigenvalue weighted by Gasteiger charge is 2.38. The Bertz CT molecular complexity index is 1630. The molecule has 5 rings (SSSR count). The molecule has 4 aromatic rings. The molecule has 9 heteroatoms. The molecule has 0 aliphatic carbocycles. The SMILES string of the molecule is CC(=O)O[C@@H](C)C(=O)NCc1ccccc1-c1ccc([C@H]2O[C@@H](CN(C)CCc3ccccn3)[C@@H](C)[C@@H](c3ccc(CO)cc3)O2)cc1. The molecule has 1 aromatic heterocycles. The second kappa shape index (κ2) is 16.6. The number of rotatable bonds is 13. The zero-order chi connectivity index (χ0) is 34.0. The van der Waals surface area contributed by atoms with Crippen molar-refractivity contribution in [2.45, 2.75) is 64.9 Å². The number of likely N-dealkylation sites (N-methyl/N-ethyl adjacent to an activating group) is 1. The highest BCUT2D eigenvalue weighted by Crippen LogP contribution is 2.42. The largest absolute Gasteiger partial charge is 0.453 e. The normalized spacial score (nSPS) is 19.9. The molecule has 0 unspecified atom stereocenters. The standard InChI is InChI=1S/C39H45N3O6/c1-26-36(24-42(4)22-20-34-10-7-8-21-40-34)47-39(48-37(26)31-14-12-29(25-43)13-15-31)32-18-16-30(17-19-32)35-11-6-5-9-33(35)23-41-38(45)27(2)46-28(3)44/h5-19,21,26-27,36-37,39,43H,20,22-25H2,1-4H3,(H,41,45)/t26-,27+,36+,37+,39+/m1/s1. The van der Waals surface area contributed by atoms with E-state index >= 15 is 0 Å². The number of carbonyl (C=O) groups excluding carboxylic acids is 2. The first-order valence-corrected chi connectivity index (χ1v) is 16.4. The summed E-state index contributed by atoms with van der Waals surface area (Å²) < 4.78 is 18.4. The molecule has 0 bridgehead atoms. The molecule has 1 aliphatic heterocycles. The summed E-state index contributed by atoms with van der Waals surface area (Å²) in [4.78, 5) is 30.5. The molecule has 0 saturated carbocycles. The number of pyridine rings is 1. The lowest BCUT2D eigenvalue weighted by Gasteiger charge is -2.42. The van der Waals surface area contributed by atoms with Gasteiger partial charge >= 0.3 is 5.97 Å². The van der Waals surface area contributed by atoms with Crippen LogP contribution in [0.3, 0.4) is 0 Å². The summed E-state index contributed by atoms with van der Waals surface area (Å²) in [5.74, 6) is -0.777. The number of aliphatic hydroxyl groups excluding tert-OH is 1. The van der Waals surface area contributed by atoms with Crippen LogP contribution in [0, 0.1) is 5.92 Å². The fourth-order valence-corrected chi connectivity index (χ4v) is 5.98. The Morgan fingerprint density at radius 1 is 0.958 bits per heavy atom. The van der Waals surface area contributed by atoms with E-state index in [0.717, 1.165) is 58.6 Å². The highest BCUT2D eigenvalue weighted by molar-refractivity contribution is 5.83. The Morgan fingerprint density at radius 2 is 1.67 bits per heavy atom. The van der Waals surface area contributed by atoms with Crippen molar-refractivity contribution in [3.05, 3.63) is 125 Å². The van der Waals surface area contributed by atoms with Crippen molar-refractivity contribution in [2.75, 3.05) is 20.1 Å². The van der Waals surface area contributed by atoms with Crippen molar-refractivity contribution in [3.8, 4) is 11.1 Å². The Kier molecular flexibility index (Phi) is 12.1. The van der Waals surface area contributed by atoms with Gasteiger partial charge in [0.1, 0.15) is 0 Å². The van der Waals surface area contributed by atoms with Crippen molar-refractivity contribution < 1.29 is 28.9 Å². The first-order valence-electron chi connectivity index (χ1n) is 16.4. The Balaban J connectivity index is 1.32. The topological polar surface area (TPSA) is 110 Å². The van der Waals surface area contributed by atoms with Gasteiger partial charge in [0.2, 0.25) is 0 Å². The maximum absolute atomic E-state index is 12.5. The average molecular weight is 652 g/mol. The van der Waals surface area contributed by atoms with Gasteiger partial charge in [0.15, 0.2) is 12.4 Å². The third-order valence-corrected chi connectivity index (χ3v) is 8.77. The minimum atomic E-state index is -0.868. The van der Waals surface area contributed by atoms with E-state index in [1.54, 1.807) is 6.92 Å². The van der Waals surface area contributed by atoms with Gasteiger partial charge in [-0.05, 0) is 53.9 Å². The third-order valence-electron chi connectivity index (χ3n) is 8.77. The maximum atomic E-state index is 12.5. The van der Waals surface area contributed by atoms with Gasteiger partial charge in [0.25, 0.3) is 5.91 Å². The second-order valence-corrected chi connectivity index (χ2v) is 12.4. The number of nitrogens with zero attached hydrogens (tertiary/aromatic N) is 2. The van der Waals surface area contributed by atoms with Gasteiger partial charge in [-0.25, -0.2) is 0 Å². The number of hydrogen-bond donors (Lipinski definition) is 2. The summed E-state index contributed by atoms with van der Waals surface area (Å²) >= 11 is 0. The first kappa shape index (κ1) is 34.9. The first-order chi connectivity index (χ1) is 23.2. The van der Waals surface area contributed by atoms with Crippen LogP contribution in [0.4, 0.5) is 0 Å². The molecular weight excluding hydrogens is 606 g/mol. The molecule has 2 heterocycles. The van der Waals surface area contributed by atoms with E-state index in [-0.39, 0.29) is 30.6 Å². The number of nitrogens with one attached hydrogen (secondary N) is 1. The minimum Gasteiger partial charge on any atom is -0.453 e. The van der Waals surface area contributed by atoms with Crippen LogP contribution >= 0.6 is 0 Å². The second-order valence-electron chi connectivity index (χ2n) is 12.4.